The second-order valence-corrected chi connectivity index (χ2v) is 9.91. The van der Waals surface area contributed by atoms with Gasteiger partial charge in [0, 0.05) is 42.5 Å². The number of nitrogens with one attached hydrogen (secondary N) is 1. The van der Waals surface area contributed by atoms with Crippen molar-refractivity contribution in [2.75, 3.05) is 18.4 Å². The van der Waals surface area contributed by atoms with Gasteiger partial charge in [-0.25, -0.2) is 13.3 Å². The van der Waals surface area contributed by atoms with Crippen LogP contribution in [0.2, 0.25) is 0 Å². The van der Waals surface area contributed by atoms with Gasteiger partial charge in [-0.05, 0) is 50.7 Å². The van der Waals surface area contributed by atoms with E-state index in [4.69, 9.17) is 0 Å². The number of carbonyl (C=O) groups excluding carboxylic acids is 2. The molecule has 1 aliphatic heterocycles. The first kappa shape index (κ1) is 19.1. The van der Waals surface area contributed by atoms with E-state index in [1.165, 1.54) is 0 Å². The number of nitrogens with zero attached hydrogens (tertiary/aromatic N) is 4. The molecule has 1 saturated heterocycles. The van der Waals surface area contributed by atoms with E-state index in [1.807, 2.05) is 16.6 Å². The summed E-state index contributed by atoms with van der Waals surface area (Å²) in [4.78, 5) is 30.3. The first-order valence-corrected chi connectivity index (χ1v) is 11.2. The minimum atomic E-state index is -2.79. The number of rotatable bonds is 4. The quantitative estimate of drug-likeness (QED) is 0.810. The molecule has 2 aromatic rings. The number of likely N-dealkylation sites (tertiary alicyclic amines) is 1. The summed E-state index contributed by atoms with van der Waals surface area (Å²) in [5.41, 5.74) is 1.88. The predicted molar refractivity (Wildman–Crippen MR) is 108 cm³/mol. The first-order valence-electron chi connectivity index (χ1n) is 11.2. The SMILES string of the molecule is O=C(Nc1nc2cccc(C3CCC4(CC3)CN(C(=O)[C@H]3CC3(F)F)C4)n2n1)C1CC1. The Morgan fingerprint density at radius 2 is 1.81 bits per heavy atom. The highest BCUT2D eigenvalue weighted by Gasteiger charge is 2.64. The molecule has 2 aromatic heterocycles. The van der Waals surface area contributed by atoms with Gasteiger partial charge >= 0.3 is 0 Å². The Hall–Kier alpha value is -2.58. The normalized spacial score (nSPS) is 26.6. The molecule has 3 saturated carbocycles. The van der Waals surface area contributed by atoms with Crippen LogP contribution in [0.1, 0.15) is 56.6 Å². The molecule has 1 atom stereocenters. The third kappa shape index (κ3) is 3.29. The Bertz CT molecular complexity index is 1060. The molecule has 6 rings (SSSR count). The molecule has 31 heavy (non-hydrogen) atoms. The van der Waals surface area contributed by atoms with E-state index in [1.54, 1.807) is 4.90 Å². The molecule has 0 unspecified atom stereocenters. The highest BCUT2D eigenvalue weighted by atomic mass is 19.3. The fourth-order valence-corrected chi connectivity index (χ4v) is 5.31. The third-order valence-electron chi connectivity index (χ3n) is 7.52. The summed E-state index contributed by atoms with van der Waals surface area (Å²) >= 11 is 0. The van der Waals surface area contributed by atoms with Crippen molar-refractivity contribution in [3.8, 4) is 0 Å². The molecule has 0 aromatic carbocycles. The van der Waals surface area contributed by atoms with Gasteiger partial charge in [-0.1, -0.05) is 6.07 Å². The van der Waals surface area contributed by atoms with Gasteiger partial charge < -0.3 is 4.90 Å². The molecule has 1 spiro atoms. The maximum Gasteiger partial charge on any atom is 0.260 e. The fourth-order valence-electron chi connectivity index (χ4n) is 5.31. The lowest BCUT2D eigenvalue weighted by atomic mass is 9.65. The number of pyridine rings is 1. The second kappa shape index (κ2) is 6.46. The Morgan fingerprint density at radius 3 is 2.45 bits per heavy atom. The molecule has 164 valence electrons. The van der Waals surface area contributed by atoms with Crippen LogP contribution in [0.5, 0.6) is 0 Å². The third-order valence-corrected chi connectivity index (χ3v) is 7.52. The lowest BCUT2D eigenvalue weighted by Crippen LogP contribution is -2.60. The Labute approximate surface area is 178 Å². The van der Waals surface area contributed by atoms with Gasteiger partial charge in [-0.2, -0.15) is 4.98 Å². The lowest BCUT2D eigenvalue weighted by molar-refractivity contribution is -0.149. The number of carbonyl (C=O) groups is 2. The van der Waals surface area contributed by atoms with Gasteiger partial charge in [0.2, 0.25) is 17.8 Å². The minimum absolute atomic E-state index is 0.00916. The van der Waals surface area contributed by atoms with Gasteiger partial charge in [-0.3, -0.25) is 14.9 Å². The number of hydrogen-bond acceptors (Lipinski definition) is 4. The van der Waals surface area contributed by atoms with E-state index in [0.29, 0.717) is 25.0 Å². The Morgan fingerprint density at radius 1 is 1.10 bits per heavy atom. The largest absolute Gasteiger partial charge is 0.341 e. The van der Waals surface area contributed by atoms with Crippen LogP contribution >= 0.6 is 0 Å². The number of fused-ring (bicyclic) bond motifs is 1. The van der Waals surface area contributed by atoms with Crippen LogP contribution in [-0.2, 0) is 9.59 Å². The molecule has 0 bridgehead atoms. The summed E-state index contributed by atoms with van der Waals surface area (Å²) in [6, 6.07) is 5.91. The molecule has 2 amide bonds. The zero-order chi connectivity index (χ0) is 21.4. The highest BCUT2D eigenvalue weighted by Crippen LogP contribution is 2.53. The average molecular weight is 429 g/mol. The van der Waals surface area contributed by atoms with E-state index >= 15 is 0 Å². The molecule has 3 aliphatic carbocycles. The second-order valence-electron chi connectivity index (χ2n) is 9.91. The molecule has 4 fully saturated rings. The Balaban J connectivity index is 1.11. The zero-order valence-electron chi connectivity index (χ0n) is 17.2. The van der Waals surface area contributed by atoms with Gasteiger partial charge in [0.05, 0.1) is 0 Å². The monoisotopic (exact) mass is 429 g/mol. The molecular formula is C22H25F2N5O2. The van der Waals surface area contributed by atoms with Gasteiger partial charge in [-0.15, -0.1) is 5.10 Å². The minimum Gasteiger partial charge on any atom is -0.341 e. The Kier molecular flexibility index (Phi) is 3.99. The van der Waals surface area contributed by atoms with E-state index in [9.17, 15) is 18.4 Å². The predicted octanol–water partition coefficient (Wildman–Crippen LogP) is 3.22. The van der Waals surface area contributed by atoms with Crippen molar-refractivity contribution in [1.82, 2.24) is 19.5 Å². The van der Waals surface area contributed by atoms with Gasteiger partial charge in [0.1, 0.15) is 5.92 Å². The summed E-state index contributed by atoms with van der Waals surface area (Å²) in [6.07, 6.45) is 5.44. The van der Waals surface area contributed by atoms with Crippen LogP contribution in [0.25, 0.3) is 5.65 Å². The van der Waals surface area contributed by atoms with E-state index < -0.39 is 11.8 Å². The summed E-state index contributed by atoms with van der Waals surface area (Å²) in [5.74, 6) is -3.48. The standard InChI is InChI=1S/C22H25F2N5O2/c23-22(24)10-15(22)19(31)28-11-21(12-28)8-6-13(7-9-21)16-2-1-3-17-25-20(27-29(16)17)26-18(30)14-4-5-14/h1-3,13-15H,4-12H2,(H,26,27,30)/t15-/m1/s1. The molecule has 7 nitrogen and oxygen atoms in total. The molecular weight excluding hydrogens is 404 g/mol. The molecule has 4 aliphatic rings. The smallest absolute Gasteiger partial charge is 0.260 e. The van der Waals surface area contributed by atoms with Crippen molar-refractivity contribution >= 4 is 23.4 Å². The van der Waals surface area contributed by atoms with Crippen LogP contribution in [0.3, 0.4) is 0 Å². The van der Waals surface area contributed by atoms with Crippen molar-refractivity contribution in [3.05, 3.63) is 23.9 Å². The van der Waals surface area contributed by atoms with Crippen LogP contribution in [0, 0.1) is 17.3 Å². The molecule has 0 radical (unpaired) electrons. The van der Waals surface area contributed by atoms with Crippen molar-refractivity contribution in [2.24, 2.45) is 17.3 Å². The molecule has 9 heteroatoms. The van der Waals surface area contributed by atoms with Gasteiger partial charge in [0.25, 0.3) is 5.92 Å². The van der Waals surface area contributed by atoms with Crippen LogP contribution in [0.4, 0.5) is 14.7 Å². The van der Waals surface area contributed by atoms with Crippen LogP contribution in [-0.4, -0.2) is 50.3 Å². The number of aromatic nitrogens is 3. The topological polar surface area (TPSA) is 79.6 Å². The molecule has 1 N–H and O–H groups in total. The van der Waals surface area contributed by atoms with Crippen molar-refractivity contribution < 1.29 is 18.4 Å². The molecule has 3 heterocycles. The van der Waals surface area contributed by atoms with Crippen molar-refractivity contribution in [3.63, 3.8) is 0 Å². The van der Waals surface area contributed by atoms with E-state index in [2.05, 4.69) is 21.5 Å². The highest BCUT2D eigenvalue weighted by molar-refractivity contribution is 5.92. The van der Waals surface area contributed by atoms with Gasteiger partial charge in [0.15, 0.2) is 5.65 Å². The maximum atomic E-state index is 13.2. The lowest BCUT2D eigenvalue weighted by Gasteiger charge is -2.53. The number of halogens is 2. The number of alkyl halides is 2. The van der Waals surface area contributed by atoms with E-state index in [0.717, 1.165) is 49.9 Å². The zero-order valence-corrected chi connectivity index (χ0v) is 17.2. The average Bonchev–Trinajstić information content (AvgIpc) is 3.62. The first-order chi connectivity index (χ1) is 14.8. The van der Waals surface area contributed by atoms with E-state index in [-0.39, 0.29) is 29.6 Å². The summed E-state index contributed by atoms with van der Waals surface area (Å²) in [5, 5.41) is 7.35. The number of anilines is 1. The summed E-state index contributed by atoms with van der Waals surface area (Å²) < 4.78 is 28.2. The maximum absolute atomic E-state index is 13.2. The van der Waals surface area contributed by atoms with Crippen LogP contribution in [0.15, 0.2) is 18.2 Å². The summed E-state index contributed by atoms with van der Waals surface area (Å²) in [7, 11) is 0. The fraction of sp³-hybridized carbons (Fsp3) is 0.636. The summed E-state index contributed by atoms with van der Waals surface area (Å²) in [6.45, 7) is 1.21. The van der Waals surface area contributed by atoms with Crippen molar-refractivity contribution in [1.29, 1.82) is 0 Å². The number of amides is 2. The van der Waals surface area contributed by atoms with Crippen LogP contribution < -0.4 is 5.32 Å². The number of hydrogen-bond donors (Lipinski definition) is 1. The van der Waals surface area contributed by atoms with Crippen molar-refractivity contribution in [2.45, 2.75) is 56.8 Å².